The molecule has 0 unspecified atom stereocenters. The van der Waals surface area contributed by atoms with Crippen LogP contribution in [0.15, 0.2) is 4.52 Å². The molecule has 3 fully saturated rings. The van der Waals surface area contributed by atoms with Crippen molar-refractivity contribution in [2.45, 2.75) is 63.0 Å². The van der Waals surface area contributed by atoms with Gasteiger partial charge in [-0.05, 0) is 58.5 Å². The van der Waals surface area contributed by atoms with Crippen LogP contribution in [0.2, 0.25) is 0 Å². The Labute approximate surface area is 141 Å². The van der Waals surface area contributed by atoms with E-state index in [1.807, 2.05) is 0 Å². The van der Waals surface area contributed by atoms with E-state index in [-0.39, 0.29) is 23.3 Å². The second kappa shape index (κ2) is 6.11. The number of aromatic nitrogens is 2. The Bertz CT molecular complexity index is 607. The number of amides is 1. The van der Waals surface area contributed by atoms with Crippen molar-refractivity contribution in [2.24, 2.45) is 5.92 Å². The van der Waals surface area contributed by atoms with Gasteiger partial charge in [0.05, 0.1) is 6.10 Å². The number of carbonyl (C=O) groups excluding carboxylic acids is 1. The largest absolute Gasteiger partial charge is 0.393 e. The maximum atomic E-state index is 12.8. The van der Waals surface area contributed by atoms with Crippen LogP contribution in [0.5, 0.6) is 0 Å². The van der Waals surface area contributed by atoms with E-state index in [9.17, 15) is 9.90 Å². The Morgan fingerprint density at radius 3 is 2.79 bits per heavy atom. The summed E-state index contributed by atoms with van der Waals surface area (Å²) < 4.78 is 5.24. The first-order valence-electron chi connectivity index (χ1n) is 9.10. The summed E-state index contributed by atoms with van der Waals surface area (Å²) in [6.07, 6.45) is 5.13. The summed E-state index contributed by atoms with van der Waals surface area (Å²) >= 11 is 0. The monoisotopic (exact) mass is 334 g/mol. The van der Waals surface area contributed by atoms with Gasteiger partial charge in [-0.3, -0.25) is 9.69 Å². The van der Waals surface area contributed by atoms with Gasteiger partial charge in [-0.1, -0.05) is 5.16 Å². The molecule has 1 aromatic rings. The molecule has 2 N–H and O–H groups in total. The summed E-state index contributed by atoms with van der Waals surface area (Å²) in [5, 5.41) is 17.3. The SMILES string of the molecule is Cc1noc([C@H]2C[C@H](CNC(=O)C34CCCN3CCC4)[C@H](O)C2)n1. The van der Waals surface area contributed by atoms with Crippen molar-refractivity contribution < 1.29 is 14.4 Å². The van der Waals surface area contributed by atoms with Crippen molar-refractivity contribution >= 4 is 5.91 Å². The van der Waals surface area contributed by atoms with Crippen molar-refractivity contribution in [2.75, 3.05) is 19.6 Å². The summed E-state index contributed by atoms with van der Waals surface area (Å²) in [4.78, 5) is 19.4. The Balaban J connectivity index is 1.35. The molecule has 4 rings (SSSR count). The molecule has 2 aliphatic heterocycles. The number of hydrogen-bond donors (Lipinski definition) is 2. The number of carbonyl (C=O) groups is 1. The fourth-order valence-electron chi connectivity index (χ4n) is 4.87. The summed E-state index contributed by atoms with van der Waals surface area (Å²) in [7, 11) is 0. The van der Waals surface area contributed by atoms with E-state index < -0.39 is 6.10 Å². The number of aryl methyl sites for hydroxylation is 1. The zero-order valence-corrected chi connectivity index (χ0v) is 14.2. The van der Waals surface area contributed by atoms with E-state index in [1.165, 1.54) is 0 Å². The lowest BCUT2D eigenvalue weighted by Gasteiger charge is -2.31. The summed E-state index contributed by atoms with van der Waals surface area (Å²) in [5.74, 6) is 1.53. The van der Waals surface area contributed by atoms with Crippen LogP contribution in [0, 0.1) is 12.8 Å². The first kappa shape index (κ1) is 16.0. The Morgan fingerprint density at radius 1 is 1.38 bits per heavy atom. The van der Waals surface area contributed by atoms with Gasteiger partial charge in [0.15, 0.2) is 5.82 Å². The number of hydrogen-bond acceptors (Lipinski definition) is 6. The molecule has 0 bridgehead atoms. The van der Waals surface area contributed by atoms with Crippen LogP contribution in [0.3, 0.4) is 0 Å². The quantitative estimate of drug-likeness (QED) is 0.853. The van der Waals surface area contributed by atoms with Gasteiger partial charge in [-0.2, -0.15) is 4.98 Å². The highest BCUT2D eigenvalue weighted by atomic mass is 16.5. The third-order valence-electron chi connectivity index (χ3n) is 6.14. The predicted octanol–water partition coefficient (Wildman–Crippen LogP) is 0.977. The van der Waals surface area contributed by atoms with E-state index in [1.54, 1.807) is 6.92 Å². The third kappa shape index (κ3) is 2.63. The van der Waals surface area contributed by atoms with Gasteiger partial charge in [0.25, 0.3) is 0 Å². The number of aliphatic hydroxyl groups is 1. The van der Waals surface area contributed by atoms with Crippen LogP contribution in [-0.4, -0.2) is 57.3 Å². The highest BCUT2D eigenvalue weighted by Gasteiger charge is 2.50. The predicted molar refractivity (Wildman–Crippen MR) is 86.3 cm³/mol. The van der Waals surface area contributed by atoms with Crippen molar-refractivity contribution in [1.29, 1.82) is 0 Å². The second-order valence-corrected chi connectivity index (χ2v) is 7.61. The van der Waals surface area contributed by atoms with Gasteiger partial charge < -0.3 is 14.9 Å². The van der Waals surface area contributed by atoms with Crippen molar-refractivity contribution in [1.82, 2.24) is 20.4 Å². The molecule has 7 heteroatoms. The van der Waals surface area contributed by atoms with Crippen LogP contribution in [-0.2, 0) is 4.79 Å². The molecule has 3 aliphatic rings. The molecule has 7 nitrogen and oxygen atoms in total. The van der Waals surface area contributed by atoms with Gasteiger partial charge in [0.1, 0.15) is 5.54 Å². The van der Waals surface area contributed by atoms with Crippen molar-refractivity contribution in [3.05, 3.63) is 11.7 Å². The maximum absolute atomic E-state index is 12.8. The average Bonchev–Trinajstić information content (AvgIpc) is 3.28. The number of nitrogens with one attached hydrogen (secondary N) is 1. The van der Waals surface area contributed by atoms with Gasteiger partial charge in [-0.25, -0.2) is 0 Å². The Morgan fingerprint density at radius 2 is 2.12 bits per heavy atom. The molecule has 1 aliphatic carbocycles. The lowest BCUT2D eigenvalue weighted by molar-refractivity contribution is -0.130. The minimum Gasteiger partial charge on any atom is -0.393 e. The number of nitrogens with zero attached hydrogens (tertiary/aromatic N) is 3. The minimum absolute atomic E-state index is 0.0545. The van der Waals surface area contributed by atoms with E-state index in [4.69, 9.17) is 4.52 Å². The molecule has 1 saturated carbocycles. The maximum Gasteiger partial charge on any atom is 0.240 e. The topological polar surface area (TPSA) is 91.5 Å². The van der Waals surface area contributed by atoms with Gasteiger partial charge >= 0.3 is 0 Å². The zero-order chi connectivity index (χ0) is 16.7. The molecule has 0 radical (unpaired) electrons. The summed E-state index contributed by atoms with van der Waals surface area (Å²) in [6.45, 7) is 4.40. The molecule has 3 heterocycles. The third-order valence-corrected chi connectivity index (χ3v) is 6.14. The van der Waals surface area contributed by atoms with Crippen molar-refractivity contribution in [3.63, 3.8) is 0 Å². The molecule has 132 valence electrons. The minimum atomic E-state index is -0.428. The van der Waals surface area contributed by atoms with Gasteiger partial charge in [-0.15, -0.1) is 0 Å². The van der Waals surface area contributed by atoms with E-state index >= 15 is 0 Å². The molecular weight excluding hydrogens is 308 g/mol. The fraction of sp³-hybridized carbons (Fsp3) is 0.824. The van der Waals surface area contributed by atoms with Crippen molar-refractivity contribution in [3.8, 4) is 0 Å². The fourth-order valence-corrected chi connectivity index (χ4v) is 4.87. The van der Waals surface area contributed by atoms with Crippen LogP contribution in [0.1, 0.15) is 56.2 Å². The van der Waals surface area contributed by atoms with E-state index in [0.29, 0.717) is 24.7 Å². The Hall–Kier alpha value is -1.47. The van der Waals surface area contributed by atoms with Crippen LogP contribution in [0.25, 0.3) is 0 Å². The first-order valence-corrected chi connectivity index (χ1v) is 9.10. The van der Waals surface area contributed by atoms with E-state index in [2.05, 4.69) is 20.4 Å². The highest BCUT2D eigenvalue weighted by molar-refractivity contribution is 5.87. The lowest BCUT2D eigenvalue weighted by Crippen LogP contribution is -2.53. The first-order chi connectivity index (χ1) is 11.6. The van der Waals surface area contributed by atoms with Crippen LogP contribution < -0.4 is 5.32 Å². The number of aliphatic hydroxyl groups excluding tert-OH is 1. The summed E-state index contributed by atoms with van der Waals surface area (Å²) in [6, 6.07) is 0. The molecule has 1 aromatic heterocycles. The molecule has 2 saturated heterocycles. The molecule has 3 atom stereocenters. The smallest absolute Gasteiger partial charge is 0.240 e. The molecule has 0 aromatic carbocycles. The number of fused-ring (bicyclic) bond motifs is 1. The molecular formula is C17H26N4O3. The molecule has 24 heavy (non-hydrogen) atoms. The van der Waals surface area contributed by atoms with Gasteiger partial charge in [0, 0.05) is 18.4 Å². The van der Waals surface area contributed by atoms with Crippen LogP contribution in [0.4, 0.5) is 0 Å². The molecule has 0 spiro atoms. The number of rotatable bonds is 4. The summed E-state index contributed by atoms with van der Waals surface area (Å²) in [5.41, 5.74) is -0.271. The Kier molecular flexibility index (Phi) is 4.08. The standard InChI is InChI=1S/C17H26N4O3/c1-11-19-15(24-20-11)12-8-13(14(22)9-12)10-18-16(23)17-4-2-6-21(17)7-3-5-17/h12-14,22H,2-10H2,1H3,(H,18,23)/t12-,13+,14+/m0/s1. The second-order valence-electron chi connectivity index (χ2n) is 7.61. The average molecular weight is 334 g/mol. The zero-order valence-electron chi connectivity index (χ0n) is 14.2. The highest BCUT2D eigenvalue weighted by Crippen LogP contribution is 2.40. The normalized spacial score (nSPS) is 32.2. The lowest BCUT2D eigenvalue weighted by atomic mass is 9.92. The molecule has 1 amide bonds. The van der Waals surface area contributed by atoms with Crippen LogP contribution >= 0.6 is 0 Å². The van der Waals surface area contributed by atoms with E-state index in [0.717, 1.165) is 45.2 Å². The van der Waals surface area contributed by atoms with Gasteiger partial charge in [0.2, 0.25) is 11.8 Å².